The summed E-state index contributed by atoms with van der Waals surface area (Å²) in [6, 6.07) is 8.85. The molecule has 3 aromatic heterocycles. The van der Waals surface area contributed by atoms with Crippen LogP contribution in [0.15, 0.2) is 42.9 Å². The maximum atomic E-state index is 14.5. The first-order chi connectivity index (χ1) is 22.4. The zero-order valence-corrected chi connectivity index (χ0v) is 30.7. The first-order valence-electron chi connectivity index (χ1n) is 17.9. The number of amides is 1. The molecule has 3 heterocycles. The highest BCUT2D eigenvalue weighted by Gasteiger charge is 2.41. The molecule has 0 atom stereocenters. The zero-order chi connectivity index (χ0) is 33.3. The van der Waals surface area contributed by atoms with Crippen molar-refractivity contribution < 1.29 is 14.0 Å². The number of ether oxygens (including phenoxy) is 1. The second-order valence-electron chi connectivity index (χ2n) is 15.9. The highest BCUT2D eigenvalue weighted by atomic mass is 28.4. The van der Waals surface area contributed by atoms with Crippen LogP contribution in [-0.2, 0) is 9.22 Å². The fourth-order valence-corrected chi connectivity index (χ4v) is 8.64. The summed E-state index contributed by atoms with van der Waals surface area (Å²) < 4.78 is 14.3. The normalized spacial score (nSPS) is 23.8. The highest BCUT2D eigenvalue weighted by molar-refractivity contribution is 6.74. The van der Waals surface area contributed by atoms with E-state index in [4.69, 9.17) is 19.1 Å². The van der Waals surface area contributed by atoms with Gasteiger partial charge in [0.1, 0.15) is 11.6 Å². The van der Waals surface area contributed by atoms with E-state index in [0.717, 1.165) is 85.4 Å². The largest absolute Gasteiger partial charge is 0.495 e. The van der Waals surface area contributed by atoms with Gasteiger partial charge < -0.3 is 9.16 Å². The number of nitrogens with zero attached hydrogens (tertiary/aromatic N) is 5. The van der Waals surface area contributed by atoms with Crippen LogP contribution in [0.1, 0.15) is 108 Å². The van der Waals surface area contributed by atoms with Crippen LogP contribution in [0.25, 0.3) is 11.1 Å². The monoisotopic (exact) mass is 657 g/mol. The molecule has 0 bridgehead atoms. The van der Waals surface area contributed by atoms with Crippen molar-refractivity contribution in [3.63, 3.8) is 0 Å². The lowest BCUT2D eigenvalue weighted by atomic mass is 9.79. The Morgan fingerprint density at radius 1 is 0.979 bits per heavy atom. The Hall–Kier alpha value is -3.04. The maximum Gasteiger partial charge on any atom is 0.231 e. The van der Waals surface area contributed by atoms with Crippen LogP contribution in [0.3, 0.4) is 0 Å². The number of carbonyl (C=O) groups is 1. The van der Waals surface area contributed by atoms with E-state index in [-0.39, 0.29) is 23.0 Å². The number of aromatic nitrogens is 4. The van der Waals surface area contributed by atoms with E-state index in [1.165, 1.54) is 12.8 Å². The number of methoxy groups -OCH3 is 1. The molecule has 6 rings (SSSR count). The Balaban J connectivity index is 1.17. The van der Waals surface area contributed by atoms with Crippen LogP contribution < -0.4 is 9.64 Å². The fourth-order valence-electron chi connectivity index (χ4n) is 7.22. The van der Waals surface area contributed by atoms with Crippen molar-refractivity contribution in [2.24, 2.45) is 11.8 Å². The van der Waals surface area contributed by atoms with Crippen molar-refractivity contribution in [1.82, 2.24) is 19.7 Å². The topological polar surface area (TPSA) is 82.4 Å². The Kier molecular flexibility index (Phi) is 9.96. The van der Waals surface area contributed by atoms with Gasteiger partial charge in [-0.15, -0.1) is 0 Å². The van der Waals surface area contributed by atoms with Gasteiger partial charge in [0.15, 0.2) is 8.32 Å². The summed E-state index contributed by atoms with van der Waals surface area (Å²) in [5.41, 5.74) is 4.25. The number of hydrogen-bond acceptors (Lipinski definition) is 6. The molecule has 8 nitrogen and oxygen atoms in total. The number of hydrogen-bond donors (Lipinski definition) is 0. The van der Waals surface area contributed by atoms with Crippen LogP contribution in [-0.4, -0.2) is 53.7 Å². The minimum absolute atomic E-state index is 0.000141. The fraction of sp³-hybridized carbons (Fsp3) is 0.632. The molecular weight excluding hydrogens is 603 g/mol. The quantitative estimate of drug-likeness (QED) is 0.203. The van der Waals surface area contributed by atoms with Gasteiger partial charge in [0.2, 0.25) is 5.91 Å². The molecule has 0 unspecified atom stereocenters. The zero-order valence-electron chi connectivity index (χ0n) is 29.7. The summed E-state index contributed by atoms with van der Waals surface area (Å²) in [5.74, 6) is 2.70. The molecule has 3 aliphatic rings. The minimum Gasteiger partial charge on any atom is -0.495 e. The molecule has 254 valence electrons. The Morgan fingerprint density at radius 2 is 1.70 bits per heavy atom. The molecule has 9 heteroatoms. The van der Waals surface area contributed by atoms with Gasteiger partial charge in [0.25, 0.3) is 0 Å². The number of pyridine rings is 2. The average molecular weight is 658 g/mol. The molecule has 0 N–H and O–H groups in total. The van der Waals surface area contributed by atoms with Crippen molar-refractivity contribution in [3.8, 4) is 16.9 Å². The first-order valence-corrected chi connectivity index (χ1v) is 20.8. The van der Waals surface area contributed by atoms with Gasteiger partial charge in [-0.2, -0.15) is 5.10 Å². The van der Waals surface area contributed by atoms with Crippen LogP contribution in [0.2, 0.25) is 18.1 Å². The van der Waals surface area contributed by atoms with E-state index in [1.807, 2.05) is 36.4 Å². The summed E-state index contributed by atoms with van der Waals surface area (Å²) in [4.78, 5) is 26.2. The average Bonchev–Trinajstić information content (AvgIpc) is 3.79. The van der Waals surface area contributed by atoms with E-state index in [9.17, 15) is 4.79 Å². The van der Waals surface area contributed by atoms with Gasteiger partial charge in [0, 0.05) is 48.1 Å². The molecule has 3 aromatic rings. The van der Waals surface area contributed by atoms with Gasteiger partial charge >= 0.3 is 0 Å². The summed E-state index contributed by atoms with van der Waals surface area (Å²) in [6.45, 7) is 14.3. The first kappa shape index (κ1) is 33.8. The van der Waals surface area contributed by atoms with Gasteiger partial charge in [0.05, 0.1) is 25.0 Å². The summed E-state index contributed by atoms with van der Waals surface area (Å²) >= 11 is 0. The highest BCUT2D eigenvalue weighted by Crippen LogP contribution is 2.41. The van der Waals surface area contributed by atoms with Gasteiger partial charge in [-0.3, -0.25) is 19.4 Å². The standard InChI is InChI=1S/C38H55N5O3Si/c1-26-35(45-5)19-18-34(41-26)28-10-8-27(9-11-28)24-42(36-22-30(20-21-39-36)31-23-40-43(25-31)32-14-15-32)37(44)29-12-16-33(17-13-29)46-47(6,7)38(2,3)4/h18-23,25,27-29,32-33H,8-17,24H2,1-7H3/t27-,28-,29-,33-. The SMILES string of the molecule is COc1ccc([C@H]2CC[C@H](CN(c3cc(-c4cnn(C5CC5)c4)ccn3)C(=O)[C@H]3CC[C@H](O[Si](C)(C)C(C)(C)C)CC3)CC2)nc1C. The second kappa shape index (κ2) is 13.8. The molecule has 0 radical (unpaired) electrons. The van der Waals surface area contributed by atoms with Gasteiger partial charge in [-0.1, -0.05) is 20.8 Å². The summed E-state index contributed by atoms with van der Waals surface area (Å²) in [6.07, 6.45) is 16.5. The van der Waals surface area contributed by atoms with Gasteiger partial charge in [-0.25, -0.2) is 4.98 Å². The number of aryl methyl sites for hydroxylation is 1. The van der Waals surface area contributed by atoms with Crippen LogP contribution >= 0.6 is 0 Å². The summed E-state index contributed by atoms with van der Waals surface area (Å²) in [7, 11) is -0.150. The third-order valence-electron chi connectivity index (χ3n) is 11.4. The third kappa shape index (κ3) is 7.83. The van der Waals surface area contributed by atoms with Crippen molar-refractivity contribution in [1.29, 1.82) is 0 Å². The van der Waals surface area contributed by atoms with Crippen LogP contribution in [0.5, 0.6) is 5.75 Å². The number of anilines is 1. The maximum absolute atomic E-state index is 14.5. The molecule has 3 fully saturated rings. The van der Waals surface area contributed by atoms with E-state index in [1.54, 1.807) is 7.11 Å². The number of carbonyl (C=O) groups excluding carboxylic acids is 1. The lowest BCUT2D eigenvalue weighted by Gasteiger charge is -2.41. The van der Waals surface area contributed by atoms with Crippen LogP contribution in [0, 0.1) is 18.8 Å². The molecular formula is C38H55N5O3Si. The van der Waals surface area contributed by atoms with E-state index in [2.05, 4.69) is 62.0 Å². The smallest absolute Gasteiger partial charge is 0.231 e. The van der Waals surface area contributed by atoms with Gasteiger partial charge in [-0.05, 0) is 125 Å². The molecule has 0 aromatic carbocycles. The van der Waals surface area contributed by atoms with E-state index < -0.39 is 8.32 Å². The third-order valence-corrected chi connectivity index (χ3v) is 16.0. The lowest BCUT2D eigenvalue weighted by molar-refractivity contribution is -0.124. The summed E-state index contributed by atoms with van der Waals surface area (Å²) in [5, 5.41) is 4.80. The van der Waals surface area contributed by atoms with Crippen LogP contribution in [0.4, 0.5) is 5.82 Å². The Morgan fingerprint density at radius 3 is 2.34 bits per heavy atom. The predicted octanol–water partition coefficient (Wildman–Crippen LogP) is 8.88. The molecule has 0 saturated heterocycles. The van der Waals surface area contributed by atoms with Crippen molar-refractivity contribution in [2.45, 2.75) is 128 Å². The molecule has 3 saturated carbocycles. The molecule has 0 aliphatic heterocycles. The second-order valence-corrected chi connectivity index (χ2v) is 20.6. The molecule has 3 aliphatic carbocycles. The van der Waals surface area contributed by atoms with E-state index in [0.29, 0.717) is 24.4 Å². The van der Waals surface area contributed by atoms with Crippen molar-refractivity contribution >= 4 is 20.0 Å². The predicted molar refractivity (Wildman–Crippen MR) is 190 cm³/mol. The van der Waals surface area contributed by atoms with Crippen molar-refractivity contribution in [3.05, 3.63) is 54.2 Å². The molecule has 1 amide bonds. The Labute approximate surface area is 282 Å². The minimum atomic E-state index is -1.85. The molecule has 47 heavy (non-hydrogen) atoms. The lowest BCUT2D eigenvalue weighted by Crippen LogP contribution is -2.46. The van der Waals surface area contributed by atoms with E-state index >= 15 is 0 Å². The Bertz CT molecular complexity index is 1530. The molecule has 0 spiro atoms. The van der Waals surface area contributed by atoms with Crippen molar-refractivity contribution in [2.75, 3.05) is 18.6 Å². The number of rotatable bonds is 10.